The van der Waals surface area contributed by atoms with Gasteiger partial charge in [0.25, 0.3) is 0 Å². The van der Waals surface area contributed by atoms with Crippen molar-refractivity contribution in [2.24, 2.45) is 0 Å². The van der Waals surface area contributed by atoms with Crippen molar-refractivity contribution in [2.75, 3.05) is 19.2 Å². The minimum atomic E-state index is -0.237. The third-order valence-electron chi connectivity index (χ3n) is 4.37. The number of methoxy groups -OCH3 is 1. The zero-order chi connectivity index (χ0) is 19.3. The van der Waals surface area contributed by atoms with Crippen LogP contribution in [-0.2, 0) is 13.1 Å². The standard InChI is InChI=1S/C21H20N2O5/c1-25-17-7-5-16(6-8-17)22-21(24)23(13-18-3-2-10-26-18)12-15-4-9-19-20(11-15)28-14-27-19/h2-11H,12-14H2,1H3,(H,22,24). The molecule has 28 heavy (non-hydrogen) atoms. The molecule has 3 aromatic rings. The van der Waals surface area contributed by atoms with Gasteiger partial charge in [-0.15, -0.1) is 0 Å². The molecule has 0 saturated heterocycles. The fourth-order valence-electron chi connectivity index (χ4n) is 2.93. The van der Waals surface area contributed by atoms with Crippen molar-refractivity contribution in [2.45, 2.75) is 13.1 Å². The first-order valence-corrected chi connectivity index (χ1v) is 8.82. The fraction of sp³-hybridized carbons (Fsp3) is 0.190. The van der Waals surface area contributed by atoms with Gasteiger partial charge in [0.05, 0.1) is 19.9 Å². The number of ether oxygens (including phenoxy) is 3. The first-order chi connectivity index (χ1) is 13.7. The van der Waals surface area contributed by atoms with Crippen LogP contribution in [0.3, 0.4) is 0 Å². The number of carbonyl (C=O) groups is 1. The number of hydrogen-bond acceptors (Lipinski definition) is 5. The molecule has 0 aliphatic carbocycles. The van der Waals surface area contributed by atoms with Crippen LogP contribution in [0, 0.1) is 0 Å². The second-order valence-electron chi connectivity index (χ2n) is 6.28. The van der Waals surface area contributed by atoms with Gasteiger partial charge in [-0.05, 0) is 54.1 Å². The number of furan rings is 1. The summed E-state index contributed by atoms with van der Waals surface area (Å²) in [5.74, 6) is 2.83. The molecule has 0 spiro atoms. The lowest BCUT2D eigenvalue weighted by Gasteiger charge is -2.22. The summed E-state index contributed by atoms with van der Waals surface area (Å²) in [4.78, 5) is 14.6. The molecule has 144 valence electrons. The van der Waals surface area contributed by atoms with Crippen molar-refractivity contribution >= 4 is 11.7 Å². The van der Waals surface area contributed by atoms with Gasteiger partial charge in [0.2, 0.25) is 6.79 Å². The van der Waals surface area contributed by atoms with Crippen LogP contribution in [0.25, 0.3) is 0 Å². The van der Waals surface area contributed by atoms with Crippen molar-refractivity contribution in [3.8, 4) is 17.2 Å². The molecule has 1 aliphatic heterocycles. The van der Waals surface area contributed by atoms with Crippen LogP contribution in [-0.4, -0.2) is 24.8 Å². The molecule has 0 radical (unpaired) electrons. The summed E-state index contributed by atoms with van der Waals surface area (Å²) in [5.41, 5.74) is 1.61. The van der Waals surface area contributed by atoms with Gasteiger partial charge in [0, 0.05) is 12.2 Å². The van der Waals surface area contributed by atoms with Crippen molar-refractivity contribution in [1.82, 2.24) is 4.90 Å². The molecule has 0 fully saturated rings. The Morgan fingerprint density at radius 2 is 1.89 bits per heavy atom. The third kappa shape index (κ3) is 4.03. The van der Waals surface area contributed by atoms with Crippen LogP contribution >= 0.6 is 0 Å². The molecular weight excluding hydrogens is 360 g/mol. The number of rotatable bonds is 6. The molecule has 1 aromatic heterocycles. The maximum Gasteiger partial charge on any atom is 0.322 e. The van der Waals surface area contributed by atoms with Crippen LogP contribution in [0.2, 0.25) is 0 Å². The van der Waals surface area contributed by atoms with Gasteiger partial charge in [0.15, 0.2) is 11.5 Å². The van der Waals surface area contributed by atoms with Crippen molar-refractivity contribution < 1.29 is 23.4 Å². The van der Waals surface area contributed by atoms with Gasteiger partial charge in [-0.3, -0.25) is 0 Å². The molecule has 1 N–H and O–H groups in total. The number of urea groups is 1. The second kappa shape index (κ2) is 7.96. The summed E-state index contributed by atoms with van der Waals surface area (Å²) in [7, 11) is 1.60. The Morgan fingerprint density at radius 1 is 1.07 bits per heavy atom. The molecule has 0 atom stereocenters. The number of hydrogen-bond donors (Lipinski definition) is 1. The van der Waals surface area contributed by atoms with E-state index in [1.165, 1.54) is 0 Å². The van der Waals surface area contributed by atoms with Gasteiger partial charge >= 0.3 is 6.03 Å². The predicted octanol–water partition coefficient (Wildman–Crippen LogP) is 4.25. The molecule has 0 saturated carbocycles. The minimum absolute atomic E-state index is 0.215. The molecule has 2 heterocycles. The lowest BCUT2D eigenvalue weighted by atomic mass is 10.2. The molecule has 0 bridgehead atoms. The lowest BCUT2D eigenvalue weighted by Crippen LogP contribution is -2.33. The Kier molecular flexibility index (Phi) is 5.05. The molecule has 1 aliphatic rings. The number of fused-ring (bicyclic) bond motifs is 1. The average Bonchev–Trinajstić information content (AvgIpc) is 3.39. The van der Waals surface area contributed by atoms with Crippen LogP contribution < -0.4 is 19.5 Å². The van der Waals surface area contributed by atoms with E-state index in [1.54, 1.807) is 48.6 Å². The fourth-order valence-corrected chi connectivity index (χ4v) is 2.93. The summed E-state index contributed by atoms with van der Waals surface area (Å²) < 4.78 is 21.4. The normalized spacial score (nSPS) is 11.9. The van der Waals surface area contributed by atoms with Crippen molar-refractivity contribution in [1.29, 1.82) is 0 Å². The van der Waals surface area contributed by atoms with E-state index in [-0.39, 0.29) is 12.8 Å². The lowest BCUT2D eigenvalue weighted by molar-refractivity contribution is 0.174. The highest BCUT2D eigenvalue weighted by molar-refractivity contribution is 5.89. The van der Waals surface area contributed by atoms with Gasteiger partial charge in [-0.1, -0.05) is 6.07 Å². The SMILES string of the molecule is COc1ccc(NC(=O)N(Cc2ccc3c(c2)OCO3)Cc2ccco2)cc1. The van der Waals surface area contributed by atoms with Crippen molar-refractivity contribution in [3.63, 3.8) is 0 Å². The maximum atomic E-state index is 12.9. The summed E-state index contributed by atoms with van der Waals surface area (Å²) in [6.07, 6.45) is 1.59. The van der Waals surface area contributed by atoms with E-state index < -0.39 is 0 Å². The van der Waals surface area contributed by atoms with Gasteiger partial charge < -0.3 is 28.8 Å². The highest BCUT2D eigenvalue weighted by atomic mass is 16.7. The smallest absolute Gasteiger partial charge is 0.322 e. The van der Waals surface area contributed by atoms with Crippen LogP contribution in [0.4, 0.5) is 10.5 Å². The number of nitrogens with one attached hydrogen (secondary N) is 1. The summed E-state index contributed by atoms with van der Waals surface area (Å²) in [6, 6.07) is 16.2. The quantitative estimate of drug-likeness (QED) is 0.692. The van der Waals surface area contributed by atoms with E-state index in [0.29, 0.717) is 36.0 Å². The Labute approximate surface area is 162 Å². The molecule has 7 nitrogen and oxygen atoms in total. The average molecular weight is 380 g/mol. The van der Waals surface area contributed by atoms with Gasteiger partial charge in [-0.25, -0.2) is 4.79 Å². The molecular formula is C21H20N2O5. The number of anilines is 1. The van der Waals surface area contributed by atoms with E-state index in [0.717, 1.165) is 11.3 Å². The largest absolute Gasteiger partial charge is 0.497 e. The predicted molar refractivity (Wildman–Crippen MR) is 103 cm³/mol. The van der Waals surface area contributed by atoms with Gasteiger partial charge in [-0.2, -0.15) is 0 Å². The number of amides is 2. The Hall–Kier alpha value is -3.61. The maximum absolute atomic E-state index is 12.9. The molecule has 2 aromatic carbocycles. The highest BCUT2D eigenvalue weighted by Crippen LogP contribution is 2.33. The van der Waals surface area contributed by atoms with E-state index in [9.17, 15) is 4.79 Å². The van der Waals surface area contributed by atoms with Crippen molar-refractivity contribution in [3.05, 3.63) is 72.2 Å². The molecule has 4 rings (SSSR count). The van der Waals surface area contributed by atoms with E-state index in [4.69, 9.17) is 18.6 Å². The number of benzene rings is 2. The molecule has 0 unspecified atom stereocenters. The van der Waals surface area contributed by atoms with E-state index in [1.807, 2.05) is 24.3 Å². The monoisotopic (exact) mass is 380 g/mol. The van der Waals surface area contributed by atoms with E-state index >= 15 is 0 Å². The summed E-state index contributed by atoms with van der Waals surface area (Å²) >= 11 is 0. The zero-order valence-electron chi connectivity index (χ0n) is 15.4. The Morgan fingerprint density at radius 3 is 2.64 bits per heavy atom. The number of carbonyl (C=O) groups excluding carboxylic acids is 1. The topological polar surface area (TPSA) is 73.2 Å². The minimum Gasteiger partial charge on any atom is -0.497 e. The Balaban J connectivity index is 1.51. The summed E-state index contributed by atoms with van der Waals surface area (Å²) in [6.45, 7) is 0.940. The van der Waals surface area contributed by atoms with E-state index in [2.05, 4.69) is 5.32 Å². The van der Waals surface area contributed by atoms with Gasteiger partial charge in [0.1, 0.15) is 11.5 Å². The molecule has 7 heteroatoms. The second-order valence-corrected chi connectivity index (χ2v) is 6.28. The highest BCUT2D eigenvalue weighted by Gasteiger charge is 2.19. The van der Waals surface area contributed by atoms with Crippen LogP contribution in [0.15, 0.2) is 65.3 Å². The first-order valence-electron chi connectivity index (χ1n) is 8.82. The molecule has 2 amide bonds. The van der Waals surface area contributed by atoms with Crippen LogP contribution in [0.1, 0.15) is 11.3 Å². The van der Waals surface area contributed by atoms with Crippen LogP contribution in [0.5, 0.6) is 17.2 Å². The number of nitrogens with zero attached hydrogens (tertiary/aromatic N) is 1. The summed E-state index contributed by atoms with van der Waals surface area (Å²) in [5, 5.41) is 2.91. The third-order valence-corrected chi connectivity index (χ3v) is 4.37. The Bertz CT molecular complexity index is 938. The zero-order valence-corrected chi connectivity index (χ0v) is 15.4. The first kappa shape index (κ1) is 17.8.